The number of morpholine rings is 1. The lowest BCUT2D eigenvalue weighted by Crippen LogP contribution is -2.38. The fourth-order valence-electron chi connectivity index (χ4n) is 5.51. The van der Waals surface area contributed by atoms with Gasteiger partial charge in [0.2, 0.25) is 5.91 Å². The molecule has 2 heterocycles. The molecule has 0 atom stereocenters. The first kappa shape index (κ1) is 31.3. The molecule has 1 fully saturated rings. The minimum Gasteiger partial charge on any atom is -0.497 e. The number of amides is 1. The molecule has 9 nitrogen and oxygen atoms in total. The van der Waals surface area contributed by atoms with Gasteiger partial charge in [0.05, 0.1) is 25.2 Å². The number of rotatable bonds is 10. The van der Waals surface area contributed by atoms with E-state index in [9.17, 15) is 13.2 Å². The molecule has 0 spiro atoms. The zero-order valence-electron chi connectivity index (χ0n) is 25.7. The van der Waals surface area contributed by atoms with Crippen molar-refractivity contribution in [3.8, 4) is 16.9 Å². The summed E-state index contributed by atoms with van der Waals surface area (Å²) < 4.78 is 42.9. The van der Waals surface area contributed by atoms with Gasteiger partial charge in [-0.15, -0.1) is 0 Å². The number of hydrogen-bond donors (Lipinski definition) is 2. The summed E-state index contributed by atoms with van der Waals surface area (Å²) in [6, 6.07) is 20.2. The van der Waals surface area contributed by atoms with E-state index < -0.39 is 15.9 Å². The normalized spacial score (nSPS) is 14.7. The highest BCUT2D eigenvalue weighted by atomic mass is 32.2. The van der Waals surface area contributed by atoms with Crippen molar-refractivity contribution in [1.82, 2.24) is 9.47 Å². The Labute approximate surface area is 259 Å². The molecular formula is C34H40N4O5S. The van der Waals surface area contributed by atoms with Gasteiger partial charge in [-0.25, -0.2) is 8.42 Å². The number of methoxy groups -OCH3 is 1. The molecule has 0 aliphatic carbocycles. The molecule has 0 unspecified atom stereocenters. The topological polar surface area (TPSA) is 116 Å². The Kier molecular flexibility index (Phi) is 9.15. The minimum absolute atomic E-state index is 0.0904. The van der Waals surface area contributed by atoms with E-state index in [2.05, 4.69) is 35.0 Å². The molecule has 1 aromatic heterocycles. The average molecular weight is 617 g/mol. The number of nitrogens with zero attached hydrogens (tertiary/aromatic N) is 2. The first-order valence-electron chi connectivity index (χ1n) is 14.7. The molecule has 0 bridgehead atoms. The molecule has 232 valence electrons. The summed E-state index contributed by atoms with van der Waals surface area (Å²) >= 11 is 0. The van der Waals surface area contributed by atoms with Crippen molar-refractivity contribution in [2.45, 2.75) is 37.6 Å². The first-order chi connectivity index (χ1) is 21.0. The summed E-state index contributed by atoms with van der Waals surface area (Å²) in [4.78, 5) is 14.4. The summed E-state index contributed by atoms with van der Waals surface area (Å²) in [5, 5.41) is 0.827. The average Bonchev–Trinajstić information content (AvgIpc) is 3.31. The number of sulfonamides is 1. The van der Waals surface area contributed by atoms with Gasteiger partial charge in [0.15, 0.2) is 0 Å². The predicted molar refractivity (Wildman–Crippen MR) is 175 cm³/mol. The number of fused-ring (bicyclic) bond motifs is 1. The lowest BCUT2D eigenvalue weighted by atomic mass is 9.87. The predicted octanol–water partition coefficient (Wildman–Crippen LogP) is 5.25. The molecule has 44 heavy (non-hydrogen) atoms. The van der Waals surface area contributed by atoms with Gasteiger partial charge in [0, 0.05) is 60.1 Å². The fraction of sp³-hybridized carbons (Fsp3) is 0.324. The molecule has 0 radical (unpaired) electrons. The zero-order chi connectivity index (χ0) is 31.5. The van der Waals surface area contributed by atoms with Gasteiger partial charge in [0.25, 0.3) is 10.0 Å². The number of aromatic nitrogens is 1. The second-order valence-corrected chi connectivity index (χ2v) is 13.6. The molecule has 0 saturated carbocycles. The fourth-order valence-corrected chi connectivity index (χ4v) is 6.56. The van der Waals surface area contributed by atoms with Crippen molar-refractivity contribution in [2.24, 2.45) is 5.73 Å². The van der Waals surface area contributed by atoms with Crippen LogP contribution in [0.2, 0.25) is 0 Å². The lowest BCUT2D eigenvalue weighted by molar-refractivity contribution is -0.113. The Hall–Kier alpha value is -4.12. The summed E-state index contributed by atoms with van der Waals surface area (Å²) in [5.41, 5.74) is 10.3. The smallest absolute Gasteiger partial charge is 0.261 e. The number of hydrogen-bond acceptors (Lipinski definition) is 6. The van der Waals surface area contributed by atoms with Crippen LogP contribution in [-0.4, -0.2) is 63.7 Å². The number of nitrogens with one attached hydrogen (secondary N) is 1. The van der Waals surface area contributed by atoms with E-state index in [1.165, 1.54) is 6.08 Å². The van der Waals surface area contributed by atoms with E-state index in [4.69, 9.17) is 15.2 Å². The third-order valence-electron chi connectivity index (χ3n) is 7.89. The highest BCUT2D eigenvalue weighted by Gasteiger charge is 2.22. The summed E-state index contributed by atoms with van der Waals surface area (Å²) in [6.07, 6.45) is 3.09. The van der Waals surface area contributed by atoms with E-state index in [0.717, 1.165) is 52.9 Å². The maximum Gasteiger partial charge on any atom is 0.261 e. The molecule has 4 aromatic rings. The summed E-state index contributed by atoms with van der Waals surface area (Å²) in [6.45, 7) is 10.8. The van der Waals surface area contributed by atoms with Gasteiger partial charge in [0.1, 0.15) is 5.75 Å². The van der Waals surface area contributed by atoms with Crippen LogP contribution in [0.4, 0.5) is 5.69 Å². The Balaban J connectivity index is 1.62. The second kappa shape index (κ2) is 12.9. The van der Waals surface area contributed by atoms with Crippen molar-refractivity contribution in [3.63, 3.8) is 0 Å². The van der Waals surface area contributed by atoms with Crippen molar-refractivity contribution in [1.29, 1.82) is 0 Å². The molecule has 3 aromatic carbocycles. The first-order valence-corrected chi connectivity index (χ1v) is 16.2. The number of carbonyl (C=O) groups is 1. The summed E-state index contributed by atoms with van der Waals surface area (Å²) in [7, 11) is -2.24. The monoisotopic (exact) mass is 616 g/mol. The van der Waals surface area contributed by atoms with E-state index >= 15 is 0 Å². The standard InChI is InChI=1S/C34H40N4O5S/c1-34(2,3)25-8-11-28(12-9-25)44(40,41)36-26-10-13-30-29(23-26)33(24-6-5-7-27(22-24)42-4)31(14-15-32(35)39)38(30)17-16-37-18-20-43-21-19-37/h5-15,22-23,36H,16-21H2,1-4H3,(H2,35,39)/b15-14+. The number of nitrogens with two attached hydrogens (primary N) is 1. The Morgan fingerprint density at radius 3 is 2.41 bits per heavy atom. The zero-order valence-corrected chi connectivity index (χ0v) is 26.5. The van der Waals surface area contributed by atoms with Crippen LogP contribution in [0.5, 0.6) is 5.75 Å². The van der Waals surface area contributed by atoms with E-state index in [0.29, 0.717) is 31.2 Å². The maximum absolute atomic E-state index is 13.5. The van der Waals surface area contributed by atoms with Crippen LogP contribution in [0.3, 0.4) is 0 Å². The van der Waals surface area contributed by atoms with Crippen LogP contribution >= 0.6 is 0 Å². The van der Waals surface area contributed by atoms with Gasteiger partial charge < -0.3 is 19.8 Å². The van der Waals surface area contributed by atoms with Crippen molar-refractivity contribution >= 4 is 38.6 Å². The molecule has 1 saturated heterocycles. The number of ether oxygens (including phenoxy) is 2. The van der Waals surface area contributed by atoms with Gasteiger partial charge in [-0.1, -0.05) is 45.0 Å². The number of carbonyl (C=O) groups excluding carboxylic acids is 1. The van der Waals surface area contributed by atoms with E-state index in [1.54, 1.807) is 31.4 Å². The molecular weight excluding hydrogens is 576 g/mol. The van der Waals surface area contributed by atoms with Crippen LogP contribution < -0.4 is 15.2 Å². The van der Waals surface area contributed by atoms with Crippen LogP contribution in [0.25, 0.3) is 28.1 Å². The number of benzene rings is 3. The Bertz CT molecular complexity index is 1780. The minimum atomic E-state index is -3.85. The van der Waals surface area contributed by atoms with Crippen LogP contribution in [-0.2, 0) is 31.5 Å². The van der Waals surface area contributed by atoms with Gasteiger partial charge >= 0.3 is 0 Å². The Morgan fingerprint density at radius 1 is 1.02 bits per heavy atom. The van der Waals surface area contributed by atoms with Crippen LogP contribution in [0.1, 0.15) is 32.0 Å². The second-order valence-electron chi connectivity index (χ2n) is 11.9. The molecule has 5 rings (SSSR count). The van der Waals surface area contributed by atoms with Gasteiger partial charge in [-0.2, -0.15) is 0 Å². The van der Waals surface area contributed by atoms with E-state index in [1.807, 2.05) is 48.5 Å². The third-order valence-corrected chi connectivity index (χ3v) is 9.29. The quantitative estimate of drug-likeness (QED) is 0.235. The Morgan fingerprint density at radius 2 is 1.75 bits per heavy atom. The van der Waals surface area contributed by atoms with Crippen LogP contribution in [0.15, 0.2) is 77.7 Å². The van der Waals surface area contributed by atoms with Crippen molar-refractivity contribution in [2.75, 3.05) is 44.7 Å². The lowest BCUT2D eigenvalue weighted by Gasteiger charge is -2.27. The van der Waals surface area contributed by atoms with Gasteiger partial charge in [-0.05, 0) is 65.1 Å². The maximum atomic E-state index is 13.5. The SMILES string of the molecule is COc1cccc(-c2c(/C=C/C(N)=O)n(CCN3CCOCC3)c3ccc(NS(=O)(=O)c4ccc(C(C)(C)C)cc4)cc23)c1. The van der Waals surface area contributed by atoms with E-state index in [-0.39, 0.29) is 10.3 Å². The molecule has 1 aliphatic rings. The van der Waals surface area contributed by atoms with Crippen LogP contribution in [0, 0.1) is 0 Å². The molecule has 3 N–H and O–H groups in total. The van der Waals surface area contributed by atoms with Crippen molar-refractivity contribution < 1.29 is 22.7 Å². The van der Waals surface area contributed by atoms with Gasteiger partial charge in [-0.3, -0.25) is 14.4 Å². The highest BCUT2D eigenvalue weighted by Crippen LogP contribution is 2.39. The molecule has 1 amide bonds. The highest BCUT2D eigenvalue weighted by molar-refractivity contribution is 7.92. The number of anilines is 1. The largest absolute Gasteiger partial charge is 0.497 e. The third kappa shape index (κ3) is 6.99. The molecule has 1 aliphatic heterocycles. The number of primary amides is 1. The van der Waals surface area contributed by atoms with Crippen molar-refractivity contribution in [3.05, 3.63) is 84.1 Å². The summed E-state index contributed by atoms with van der Waals surface area (Å²) in [5.74, 6) is 0.120. The molecule has 10 heteroatoms.